The van der Waals surface area contributed by atoms with E-state index in [2.05, 4.69) is 17.2 Å². The number of hydrogen-bond donors (Lipinski definition) is 3. The van der Waals surface area contributed by atoms with Crippen molar-refractivity contribution in [2.24, 2.45) is 0 Å². The predicted octanol–water partition coefficient (Wildman–Crippen LogP) is 5.07. The van der Waals surface area contributed by atoms with Gasteiger partial charge in [-0.25, -0.2) is 4.98 Å². The van der Waals surface area contributed by atoms with Crippen molar-refractivity contribution in [2.45, 2.75) is 39.2 Å². The molecule has 0 radical (unpaired) electrons. The van der Waals surface area contributed by atoms with E-state index in [-0.39, 0.29) is 34.4 Å². The first-order valence-electron chi connectivity index (χ1n) is 13.4. The quantitative estimate of drug-likeness (QED) is 0.197. The van der Waals surface area contributed by atoms with Gasteiger partial charge in [0.25, 0.3) is 17.4 Å². The summed E-state index contributed by atoms with van der Waals surface area (Å²) in [6, 6.07) is 14.2. The van der Waals surface area contributed by atoms with Crippen LogP contribution < -0.4 is 21.7 Å². The molecule has 4 aromatic heterocycles. The van der Waals surface area contributed by atoms with Gasteiger partial charge in [-0.05, 0) is 68.0 Å². The molecule has 2 amide bonds. The number of thiophene rings is 1. The number of aromatic nitrogens is 3. The van der Waals surface area contributed by atoms with Gasteiger partial charge in [0.1, 0.15) is 21.8 Å². The van der Waals surface area contributed by atoms with Crippen LogP contribution in [0.5, 0.6) is 0 Å². The van der Waals surface area contributed by atoms with E-state index in [0.29, 0.717) is 27.5 Å². The smallest absolute Gasteiger partial charge is 0.267 e. The first-order chi connectivity index (χ1) is 19.9. The Kier molecular flexibility index (Phi) is 6.84. The number of para-hydroxylation sites is 1. The molecular formula is C31H28N6O3S. The van der Waals surface area contributed by atoms with Crippen molar-refractivity contribution in [2.75, 3.05) is 10.6 Å². The molecule has 41 heavy (non-hydrogen) atoms. The van der Waals surface area contributed by atoms with Crippen molar-refractivity contribution in [3.63, 3.8) is 0 Å². The van der Waals surface area contributed by atoms with Gasteiger partial charge in [0, 0.05) is 23.3 Å². The molecule has 4 heterocycles. The highest BCUT2D eigenvalue weighted by molar-refractivity contribution is 7.17. The molecule has 206 valence electrons. The topological polar surface area (TPSA) is 121 Å². The molecule has 0 bridgehead atoms. The summed E-state index contributed by atoms with van der Waals surface area (Å²) in [5.41, 5.74) is 3.25. The predicted molar refractivity (Wildman–Crippen MR) is 161 cm³/mol. The number of anilines is 2. The molecule has 1 aromatic carbocycles. The van der Waals surface area contributed by atoms with Crippen LogP contribution in [0.3, 0.4) is 0 Å². The van der Waals surface area contributed by atoms with Crippen LogP contribution in [0.4, 0.5) is 10.7 Å². The molecule has 3 N–H and O–H groups in total. The molecule has 0 spiro atoms. The molecule has 6 rings (SSSR count). The monoisotopic (exact) mass is 564 g/mol. The molecule has 0 saturated heterocycles. The van der Waals surface area contributed by atoms with Crippen molar-refractivity contribution in [3.8, 4) is 0 Å². The van der Waals surface area contributed by atoms with E-state index < -0.39 is 5.91 Å². The summed E-state index contributed by atoms with van der Waals surface area (Å²) in [6.45, 7) is 5.84. The average molecular weight is 565 g/mol. The van der Waals surface area contributed by atoms with Crippen molar-refractivity contribution in [1.82, 2.24) is 14.0 Å². The van der Waals surface area contributed by atoms with Crippen LogP contribution >= 0.6 is 11.3 Å². The SMILES string of the molecule is C=CCn1c(=N)c(C(=O)Nc2sc3c(c2C(=O)Nc2ccccc2)CCCC3)cc2c(=O)n3cccc(C)c3nc21. The summed E-state index contributed by atoms with van der Waals surface area (Å²) in [5, 5.41) is 15.4. The van der Waals surface area contributed by atoms with Gasteiger partial charge in [0.2, 0.25) is 0 Å². The van der Waals surface area contributed by atoms with E-state index in [1.165, 1.54) is 26.4 Å². The second kappa shape index (κ2) is 10.6. The molecule has 1 aliphatic rings. The largest absolute Gasteiger partial charge is 0.322 e. The Hall–Kier alpha value is -4.83. The lowest BCUT2D eigenvalue weighted by Gasteiger charge is -2.15. The van der Waals surface area contributed by atoms with Gasteiger partial charge < -0.3 is 15.2 Å². The van der Waals surface area contributed by atoms with E-state index in [0.717, 1.165) is 41.7 Å². The van der Waals surface area contributed by atoms with E-state index in [9.17, 15) is 14.4 Å². The molecule has 0 aliphatic heterocycles. The maximum absolute atomic E-state index is 13.8. The van der Waals surface area contributed by atoms with E-state index in [1.54, 1.807) is 18.3 Å². The average Bonchev–Trinajstić information content (AvgIpc) is 3.33. The van der Waals surface area contributed by atoms with Crippen LogP contribution in [0.15, 0.2) is 72.2 Å². The first kappa shape index (κ1) is 26.4. The first-order valence-corrected chi connectivity index (χ1v) is 14.2. The molecule has 1 aliphatic carbocycles. The number of allylic oxidation sites excluding steroid dienone is 1. The van der Waals surface area contributed by atoms with Crippen LogP contribution in [0.1, 0.15) is 49.6 Å². The Bertz CT molecular complexity index is 1990. The van der Waals surface area contributed by atoms with Crippen LogP contribution in [-0.4, -0.2) is 25.8 Å². The van der Waals surface area contributed by atoms with E-state index >= 15 is 0 Å². The van der Waals surface area contributed by atoms with Gasteiger partial charge in [-0.15, -0.1) is 17.9 Å². The summed E-state index contributed by atoms with van der Waals surface area (Å²) < 4.78 is 2.95. The Morgan fingerprint density at radius 2 is 1.85 bits per heavy atom. The number of rotatable bonds is 6. The Labute approximate surface area is 239 Å². The van der Waals surface area contributed by atoms with E-state index in [1.807, 2.05) is 43.3 Å². The Morgan fingerprint density at radius 1 is 1.07 bits per heavy atom. The standard InChI is InChI=1S/C31H28N6O3S/c1-3-15-36-25(32)21(17-22-27(36)34-26-18(2)10-9-16-37(26)31(22)40)28(38)35-30-24(20-13-7-8-14-23(20)41-30)29(39)33-19-11-5-4-6-12-19/h3-6,9-12,16-17,32H,1,7-8,13-15H2,2H3,(H,33,39)(H,35,38). The number of nitrogens with zero attached hydrogens (tertiary/aromatic N) is 3. The summed E-state index contributed by atoms with van der Waals surface area (Å²) in [6.07, 6.45) is 6.82. The maximum Gasteiger partial charge on any atom is 0.267 e. The van der Waals surface area contributed by atoms with Crippen molar-refractivity contribution < 1.29 is 9.59 Å². The summed E-state index contributed by atoms with van der Waals surface area (Å²) in [7, 11) is 0. The molecule has 5 aromatic rings. The highest BCUT2D eigenvalue weighted by atomic mass is 32.1. The summed E-state index contributed by atoms with van der Waals surface area (Å²) in [4.78, 5) is 46.6. The second-order valence-corrected chi connectivity index (χ2v) is 11.1. The highest BCUT2D eigenvalue weighted by Gasteiger charge is 2.27. The van der Waals surface area contributed by atoms with Gasteiger partial charge >= 0.3 is 0 Å². The fraction of sp³-hybridized carbons (Fsp3) is 0.194. The fourth-order valence-electron chi connectivity index (χ4n) is 5.36. The van der Waals surface area contributed by atoms with Gasteiger partial charge in [0.05, 0.1) is 16.5 Å². The number of amides is 2. The molecule has 0 saturated carbocycles. The third kappa shape index (κ3) is 4.66. The number of carbonyl (C=O) groups is 2. The second-order valence-electron chi connectivity index (χ2n) is 10.0. The number of carbonyl (C=O) groups excluding carboxylic acids is 2. The molecule has 0 atom stereocenters. The van der Waals surface area contributed by atoms with Gasteiger partial charge in [-0.1, -0.05) is 30.3 Å². The molecule has 0 fully saturated rings. The third-order valence-electron chi connectivity index (χ3n) is 7.35. The molecule has 9 nitrogen and oxygen atoms in total. The van der Waals surface area contributed by atoms with Crippen molar-refractivity contribution in [3.05, 3.63) is 110 Å². The zero-order valence-corrected chi connectivity index (χ0v) is 23.3. The third-order valence-corrected chi connectivity index (χ3v) is 8.55. The molecular weight excluding hydrogens is 536 g/mol. The van der Waals surface area contributed by atoms with Crippen molar-refractivity contribution >= 4 is 50.5 Å². The number of fused-ring (bicyclic) bond motifs is 3. The number of nitrogens with one attached hydrogen (secondary N) is 3. The number of aryl methyl sites for hydroxylation is 2. The minimum absolute atomic E-state index is 0.00615. The van der Waals surface area contributed by atoms with E-state index in [4.69, 9.17) is 10.4 Å². The lowest BCUT2D eigenvalue weighted by Crippen LogP contribution is -2.32. The van der Waals surface area contributed by atoms with Gasteiger partial charge in [0.15, 0.2) is 0 Å². The fourth-order valence-corrected chi connectivity index (χ4v) is 6.64. The lowest BCUT2D eigenvalue weighted by molar-refractivity contribution is 0.102. The Morgan fingerprint density at radius 3 is 2.63 bits per heavy atom. The molecule has 10 heteroatoms. The number of pyridine rings is 2. The summed E-state index contributed by atoms with van der Waals surface area (Å²) in [5.74, 6) is -0.864. The van der Waals surface area contributed by atoms with Crippen LogP contribution in [-0.2, 0) is 19.4 Å². The maximum atomic E-state index is 13.8. The normalized spacial score (nSPS) is 12.7. The minimum atomic E-state index is -0.573. The van der Waals surface area contributed by atoms with Crippen LogP contribution in [0.25, 0.3) is 16.7 Å². The summed E-state index contributed by atoms with van der Waals surface area (Å²) >= 11 is 1.40. The Balaban J connectivity index is 1.46. The number of hydrogen-bond acceptors (Lipinski definition) is 6. The van der Waals surface area contributed by atoms with Crippen molar-refractivity contribution in [1.29, 1.82) is 5.41 Å². The highest BCUT2D eigenvalue weighted by Crippen LogP contribution is 2.38. The molecule has 0 unspecified atom stereocenters. The van der Waals surface area contributed by atoms with Crippen LogP contribution in [0.2, 0.25) is 0 Å². The van der Waals surface area contributed by atoms with Crippen LogP contribution in [0, 0.1) is 12.3 Å². The lowest BCUT2D eigenvalue weighted by atomic mass is 9.95. The zero-order chi connectivity index (χ0) is 28.7. The number of benzene rings is 1. The minimum Gasteiger partial charge on any atom is -0.322 e. The zero-order valence-electron chi connectivity index (χ0n) is 22.5. The van der Waals surface area contributed by atoms with Gasteiger partial charge in [-0.3, -0.25) is 24.2 Å². The van der Waals surface area contributed by atoms with Gasteiger partial charge in [-0.2, -0.15) is 0 Å².